The molecular weight excluding hydrogens is 76.1 g/mol. The Labute approximate surface area is 39.3 Å². The minimum absolute atomic E-state index is 0. The van der Waals surface area contributed by atoms with Gasteiger partial charge in [0.05, 0.1) is 14.1 Å². The van der Waals surface area contributed by atoms with E-state index in [4.69, 9.17) is 0 Å². The highest BCUT2D eigenvalue weighted by Gasteiger charge is 1.54. The maximum atomic E-state index is 2.78. The Morgan fingerprint density at radius 2 is 2.17 bits per heavy atom. The molecule has 0 saturated heterocycles. The highest BCUT2D eigenvalue weighted by molar-refractivity contribution is 5.45. The van der Waals surface area contributed by atoms with Gasteiger partial charge < -0.3 is 0 Å². The molecule has 0 rings (SSSR count). The van der Waals surface area contributed by atoms with E-state index in [1.807, 2.05) is 14.1 Å². The van der Waals surface area contributed by atoms with Gasteiger partial charge in [-0.05, 0) is 0 Å². The molecule has 0 heterocycles. The van der Waals surface area contributed by atoms with E-state index >= 15 is 0 Å². The third kappa shape index (κ3) is 9.80. The summed E-state index contributed by atoms with van der Waals surface area (Å²) in [6, 6.07) is 0. The molecule has 0 amide bonds. The molecule has 0 spiro atoms. The SMILES string of the molecule is C.CNC=[NH+]C. The van der Waals surface area contributed by atoms with Crippen molar-refractivity contribution in [2.75, 3.05) is 14.1 Å². The molecule has 0 aromatic heterocycles. The first kappa shape index (κ1) is 9.08. The van der Waals surface area contributed by atoms with Gasteiger partial charge in [0.1, 0.15) is 0 Å². The van der Waals surface area contributed by atoms with Crippen LogP contribution in [0, 0.1) is 0 Å². The predicted octanol–water partition coefficient (Wildman–Crippen LogP) is -1.42. The van der Waals surface area contributed by atoms with Gasteiger partial charge >= 0.3 is 0 Å². The lowest BCUT2D eigenvalue weighted by Crippen LogP contribution is -2.65. The zero-order valence-electron chi connectivity index (χ0n) is 3.58. The molecule has 0 aliphatic carbocycles. The van der Waals surface area contributed by atoms with E-state index in [1.165, 1.54) is 0 Å². The molecule has 0 aromatic carbocycles. The smallest absolute Gasteiger partial charge is 0.229 e. The zero-order valence-corrected chi connectivity index (χ0v) is 3.58. The second-order valence-corrected chi connectivity index (χ2v) is 0.722. The van der Waals surface area contributed by atoms with Gasteiger partial charge in [-0.2, -0.15) is 0 Å². The highest BCUT2D eigenvalue weighted by Crippen LogP contribution is 1.03. The maximum Gasteiger partial charge on any atom is 0.229 e. The van der Waals surface area contributed by atoms with E-state index in [0.29, 0.717) is 0 Å². The van der Waals surface area contributed by atoms with Gasteiger partial charge in [-0.3, -0.25) is 10.3 Å². The average molecular weight is 89.2 g/mol. The summed E-state index contributed by atoms with van der Waals surface area (Å²) in [4.78, 5) is 2.78. The number of hydrogen-bond donors (Lipinski definition) is 2. The van der Waals surface area contributed by atoms with Gasteiger partial charge in [-0.25, -0.2) is 0 Å². The fourth-order valence-electron chi connectivity index (χ4n) is 0.144. The summed E-state index contributed by atoms with van der Waals surface area (Å²) in [7, 11) is 3.69. The molecule has 0 aromatic rings. The van der Waals surface area contributed by atoms with Crippen molar-refractivity contribution in [3.8, 4) is 0 Å². The molecule has 2 heteroatoms. The van der Waals surface area contributed by atoms with E-state index in [9.17, 15) is 0 Å². The van der Waals surface area contributed by atoms with Gasteiger partial charge in [-0.1, -0.05) is 7.43 Å². The van der Waals surface area contributed by atoms with Crippen molar-refractivity contribution in [2.24, 2.45) is 0 Å². The molecular formula is C4H13N2+. The molecule has 0 unspecified atom stereocenters. The summed E-state index contributed by atoms with van der Waals surface area (Å²) in [6.07, 6.45) is 1.75. The van der Waals surface area contributed by atoms with Crippen molar-refractivity contribution in [3.63, 3.8) is 0 Å². The minimum Gasteiger partial charge on any atom is -0.284 e. The van der Waals surface area contributed by atoms with Crippen molar-refractivity contribution in [2.45, 2.75) is 7.43 Å². The standard InChI is InChI=1S/C3H8N2.CH4/c1-4-3-5-2;/h3H,1-2H3,(H,4,5);1H4/p+1. The van der Waals surface area contributed by atoms with Crippen LogP contribution in [0.25, 0.3) is 0 Å². The zero-order chi connectivity index (χ0) is 4.12. The third-order valence-electron chi connectivity index (χ3n) is 0.289. The second-order valence-electron chi connectivity index (χ2n) is 0.722. The Hall–Kier alpha value is -0.530. The van der Waals surface area contributed by atoms with Crippen LogP contribution < -0.4 is 10.3 Å². The Bertz CT molecular complexity index is 32.5. The molecule has 0 aliphatic heterocycles. The summed E-state index contributed by atoms with van der Waals surface area (Å²) in [5, 5.41) is 2.78. The van der Waals surface area contributed by atoms with Crippen molar-refractivity contribution in [1.29, 1.82) is 0 Å². The molecule has 0 bridgehead atoms. The minimum atomic E-state index is 0. The normalized spacial score (nSPS) is 7.67. The van der Waals surface area contributed by atoms with Crippen molar-refractivity contribution in [1.82, 2.24) is 5.32 Å². The van der Waals surface area contributed by atoms with Crippen LogP contribution in [-0.2, 0) is 0 Å². The van der Waals surface area contributed by atoms with Gasteiger partial charge in [0.25, 0.3) is 0 Å². The lowest BCUT2D eigenvalue weighted by Gasteiger charge is -1.66. The van der Waals surface area contributed by atoms with Crippen LogP contribution in [-0.4, -0.2) is 20.4 Å². The van der Waals surface area contributed by atoms with E-state index < -0.39 is 0 Å². The molecule has 38 valence electrons. The van der Waals surface area contributed by atoms with Gasteiger partial charge in [0.15, 0.2) is 0 Å². The predicted molar refractivity (Wildman–Crippen MR) is 28.7 cm³/mol. The van der Waals surface area contributed by atoms with Crippen molar-refractivity contribution < 1.29 is 4.99 Å². The third-order valence-corrected chi connectivity index (χ3v) is 0.289. The van der Waals surface area contributed by atoms with Crippen molar-refractivity contribution >= 4 is 6.34 Å². The molecule has 2 nitrogen and oxygen atoms in total. The molecule has 0 aliphatic rings. The van der Waals surface area contributed by atoms with Crippen LogP contribution >= 0.6 is 0 Å². The summed E-state index contributed by atoms with van der Waals surface area (Å²) >= 11 is 0. The van der Waals surface area contributed by atoms with Gasteiger partial charge in [0.2, 0.25) is 6.34 Å². The molecule has 0 radical (unpaired) electrons. The Balaban J connectivity index is 0. The van der Waals surface area contributed by atoms with Crippen molar-refractivity contribution in [3.05, 3.63) is 0 Å². The Kier molecular flexibility index (Phi) is 13.3. The van der Waals surface area contributed by atoms with E-state index in [2.05, 4.69) is 10.3 Å². The summed E-state index contributed by atoms with van der Waals surface area (Å²) in [5.41, 5.74) is 0. The highest BCUT2D eigenvalue weighted by atomic mass is 14.9. The van der Waals surface area contributed by atoms with Crippen LogP contribution in [0.4, 0.5) is 0 Å². The molecule has 0 atom stereocenters. The molecule has 0 fully saturated rings. The molecule has 0 saturated carbocycles. The number of hydrogen-bond acceptors (Lipinski definition) is 0. The Morgan fingerprint density at radius 3 is 2.17 bits per heavy atom. The second kappa shape index (κ2) is 8.82. The summed E-state index contributed by atoms with van der Waals surface area (Å²) < 4.78 is 0. The van der Waals surface area contributed by atoms with Gasteiger partial charge in [-0.15, -0.1) is 0 Å². The quantitative estimate of drug-likeness (QED) is 0.299. The topological polar surface area (TPSA) is 26.0 Å². The maximum absolute atomic E-state index is 2.78. The van der Waals surface area contributed by atoms with E-state index in [0.717, 1.165) is 0 Å². The van der Waals surface area contributed by atoms with Gasteiger partial charge in [0, 0.05) is 0 Å². The lowest BCUT2D eigenvalue weighted by molar-refractivity contribution is -0.416. The van der Waals surface area contributed by atoms with E-state index in [-0.39, 0.29) is 7.43 Å². The summed E-state index contributed by atoms with van der Waals surface area (Å²) in [5.74, 6) is 0. The number of nitrogens with one attached hydrogen (secondary N) is 2. The van der Waals surface area contributed by atoms with Crippen LogP contribution in [0.3, 0.4) is 0 Å². The van der Waals surface area contributed by atoms with Crippen LogP contribution in [0.1, 0.15) is 7.43 Å². The monoisotopic (exact) mass is 89.1 g/mol. The van der Waals surface area contributed by atoms with Crippen LogP contribution in [0.2, 0.25) is 0 Å². The summed E-state index contributed by atoms with van der Waals surface area (Å²) in [6.45, 7) is 0. The Morgan fingerprint density at radius 1 is 1.67 bits per heavy atom. The van der Waals surface area contributed by atoms with Crippen LogP contribution in [0.5, 0.6) is 0 Å². The first-order chi connectivity index (χ1) is 2.41. The first-order valence-electron chi connectivity index (χ1n) is 1.58. The van der Waals surface area contributed by atoms with E-state index in [1.54, 1.807) is 6.34 Å². The molecule has 6 heavy (non-hydrogen) atoms. The average Bonchev–Trinajstić information content (AvgIpc) is 1.41. The van der Waals surface area contributed by atoms with Crippen LogP contribution in [0.15, 0.2) is 0 Å². The fraction of sp³-hybridized carbons (Fsp3) is 0.750. The number of rotatable bonds is 1. The molecule has 2 N–H and O–H groups in total. The first-order valence-corrected chi connectivity index (χ1v) is 1.58. The largest absolute Gasteiger partial charge is 0.284 e. The lowest BCUT2D eigenvalue weighted by atomic mass is 11.1. The fourth-order valence-corrected chi connectivity index (χ4v) is 0.144.